The van der Waals surface area contributed by atoms with Crippen molar-refractivity contribution in [3.8, 4) is 0 Å². The van der Waals surface area contributed by atoms with Crippen molar-refractivity contribution in [1.82, 2.24) is 25.2 Å². The highest BCUT2D eigenvalue weighted by molar-refractivity contribution is 7.77. The minimum Gasteiger partial charge on any atom is -0.355 e. The van der Waals surface area contributed by atoms with E-state index in [1.807, 2.05) is 0 Å². The quantitative estimate of drug-likeness (QED) is 0.282. The predicted molar refractivity (Wildman–Crippen MR) is 103 cm³/mol. The average molecular weight is 410 g/mol. The van der Waals surface area contributed by atoms with E-state index < -0.39 is 22.9 Å². The molecule has 0 bridgehead atoms. The number of anilines is 1. The highest BCUT2D eigenvalue weighted by Gasteiger charge is 2.23. The predicted octanol–water partition coefficient (Wildman–Crippen LogP) is 2.23. The molecule has 1 saturated heterocycles. The number of rotatable bonds is 6. The molecule has 11 heteroatoms. The summed E-state index contributed by atoms with van der Waals surface area (Å²) in [4.78, 5) is 16.0. The van der Waals surface area contributed by atoms with Gasteiger partial charge in [-0.1, -0.05) is 0 Å². The van der Waals surface area contributed by atoms with Gasteiger partial charge in [-0.2, -0.15) is 4.83 Å². The van der Waals surface area contributed by atoms with Gasteiger partial charge in [-0.3, -0.25) is 4.55 Å². The summed E-state index contributed by atoms with van der Waals surface area (Å²) in [6, 6.07) is 2.12. The van der Waals surface area contributed by atoms with Gasteiger partial charge in [0.05, 0.1) is 10.9 Å². The summed E-state index contributed by atoms with van der Waals surface area (Å²) >= 11 is -2.06. The van der Waals surface area contributed by atoms with Gasteiger partial charge in [0.25, 0.3) is 0 Å². The molecule has 1 aliphatic rings. The number of aromatic amines is 1. The first-order valence-corrected chi connectivity index (χ1v) is 10.1. The number of hydrogen-bond acceptors (Lipinski definition) is 5. The third-order valence-electron chi connectivity index (χ3n) is 5.13. The van der Waals surface area contributed by atoms with E-state index in [9.17, 15) is 13.0 Å². The first-order chi connectivity index (χ1) is 13.5. The van der Waals surface area contributed by atoms with Crippen molar-refractivity contribution in [2.24, 2.45) is 5.92 Å². The lowest BCUT2D eigenvalue weighted by Crippen LogP contribution is -2.37. The number of piperidine rings is 1. The Balaban J connectivity index is 1.50. The van der Waals surface area contributed by atoms with Crippen molar-refractivity contribution in [2.45, 2.75) is 19.3 Å². The summed E-state index contributed by atoms with van der Waals surface area (Å²) in [6.07, 6.45) is 4.18. The Labute approximate surface area is 162 Å². The molecule has 8 nitrogen and oxygen atoms in total. The molecule has 1 aromatic carbocycles. The van der Waals surface area contributed by atoms with Crippen molar-refractivity contribution < 1.29 is 17.5 Å². The van der Waals surface area contributed by atoms with Crippen LogP contribution in [0.15, 0.2) is 18.5 Å². The number of hydrazine groups is 1. The van der Waals surface area contributed by atoms with Crippen molar-refractivity contribution in [2.75, 3.05) is 24.5 Å². The normalized spacial score (nSPS) is 16.9. The number of hydrogen-bond donors (Lipinski definition) is 4. The van der Waals surface area contributed by atoms with Crippen LogP contribution >= 0.6 is 0 Å². The van der Waals surface area contributed by atoms with E-state index in [1.54, 1.807) is 0 Å². The van der Waals surface area contributed by atoms with Crippen LogP contribution in [0.3, 0.4) is 0 Å². The first kappa shape index (κ1) is 19.1. The SMILES string of the molecule is O=S(O)NNCCC1CCN(c2ncnc3c2[nH]c2cc(F)cc(F)c23)CC1. The van der Waals surface area contributed by atoms with Gasteiger partial charge in [0.2, 0.25) is 11.3 Å². The monoisotopic (exact) mass is 410 g/mol. The zero-order valence-corrected chi connectivity index (χ0v) is 15.7. The van der Waals surface area contributed by atoms with E-state index in [-0.39, 0.29) is 5.39 Å². The molecule has 0 radical (unpaired) electrons. The fourth-order valence-electron chi connectivity index (χ4n) is 3.79. The van der Waals surface area contributed by atoms with E-state index in [0.717, 1.165) is 38.4 Å². The summed E-state index contributed by atoms with van der Waals surface area (Å²) in [5.74, 6) is -0.103. The Bertz CT molecular complexity index is 1020. The van der Waals surface area contributed by atoms with Crippen LogP contribution in [0.1, 0.15) is 19.3 Å². The standard InChI is InChI=1S/C17H20F2N6O2S/c18-11-7-12(19)14-13(8-11)23-16-15(14)20-9-21-17(16)25-5-2-10(3-6-25)1-4-22-24-28(26)27/h7-10,22-24H,1-6H2,(H,26,27). The smallest absolute Gasteiger partial charge is 0.245 e. The number of H-pyrrole nitrogens is 1. The molecule has 2 aromatic heterocycles. The first-order valence-electron chi connectivity index (χ1n) is 8.98. The molecular weight excluding hydrogens is 390 g/mol. The van der Waals surface area contributed by atoms with Gasteiger partial charge in [-0.25, -0.2) is 28.4 Å². The summed E-state index contributed by atoms with van der Waals surface area (Å²) < 4.78 is 47.0. The van der Waals surface area contributed by atoms with Crippen LogP contribution in [0, 0.1) is 17.6 Å². The minimum absolute atomic E-state index is 0.273. The highest BCUT2D eigenvalue weighted by Crippen LogP contribution is 2.33. The van der Waals surface area contributed by atoms with Crippen molar-refractivity contribution in [1.29, 1.82) is 0 Å². The van der Waals surface area contributed by atoms with Gasteiger partial charge in [0.1, 0.15) is 29.0 Å². The Morgan fingerprint density at radius 3 is 2.82 bits per heavy atom. The van der Waals surface area contributed by atoms with Crippen LogP contribution in [0.25, 0.3) is 21.9 Å². The maximum Gasteiger partial charge on any atom is 0.245 e. The Kier molecular flexibility index (Phi) is 5.49. The maximum atomic E-state index is 14.3. The zero-order chi connectivity index (χ0) is 19.7. The average Bonchev–Trinajstić information content (AvgIpc) is 3.04. The molecule has 0 spiro atoms. The van der Waals surface area contributed by atoms with E-state index in [1.165, 1.54) is 12.4 Å². The minimum atomic E-state index is -2.06. The van der Waals surface area contributed by atoms with Crippen LogP contribution in [-0.2, 0) is 11.3 Å². The highest BCUT2D eigenvalue weighted by atomic mass is 32.2. The summed E-state index contributed by atoms with van der Waals surface area (Å²) in [7, 11) is 0. The second kappa shape index (κ2) is 8.03. The fraction of sp³-hybridized carbons (Fsp3) is 0.412. The van der Waals surface area contributed by atoms with Gasteiger partial charge in [-0.15, -0.1) is 0 Å². The van der Waals surface area contributed by atoms with Gasteiger partial charge in [0, 0.05) is 25.7 Å². The molecule has 0 saturated carbocycles. The van der Waals surface area contributed by atoms with Crippen LogP contribution in [-0.4, -0.2) is 43.3 Å². The lowest BCUT2D eigenvalue weighted by molar-refractivity contribution is 0.369. The number of nitrogens with one attached hydrogen (secondary N) is 3. The third-order valence-corrected chi connectivity index (χ3v) is 5.45. The van der Waals surface area contributed by atoms with Gasteiger partial charge in [-0.05, 0) is 31.2 Å². The number of benzene rings is 1. The second-order valence-corrected chi connectivity index (χ2v) is 7.56. The molecule has 4 N–H and O–H groups in total. The second-order valence-electron chi connectivity index (χ2n) is 6.85. The molecule has 150 valence electrons. The molecule has 3 aromatic rings. The lowest BCUT2D eigenvalue weighted by atomic mass is 9.93. The molecule has 1 unspecified atom stereocenters. The Morgan fingerprint density at radius 1 is 1.29 bits per heavy atom. The summed E-state index contributed by atoms with van der Waals surface area (Å²) in [5, 5.41) is 0.273. The third kappa shape index (κ3) is 3.83. The van der Waals surface area contributed by atoms with Gasteiger partial charge < -0.3 is 9.88 Å². The zero-order valence-electron chi connectivity index (χ0n) is 14.9. The maximum absolute atomic E-state index is 14.3. The largest absolute Gasteiger partial charge is 0.355 e. The number of nitrogens with zero attached hydrogens (tertiary/aromatic N) is 3. The van der Waals surface area contributed by atoms with Crippen molar-refractivity contribution in [3.63, 3.8) is 0 Å². The Morgan fingerprint density at radius 2 is 2.07 bits per heavy atom. The van der Waals surface area contributed by atoms with Crippen molar-refractivity contribution >= 4 is 39.0 Å². The lowest BCUT2D eigenvalue weighted by Gasteiger charge is -2.33. The summed E-state index contributed by atoms with van der Waals surface area (Å²) in [5.41, 5.74) is 4.14. The van der Waals surface area contributed by atoms with E-state index in [2.05, 4.69) is 30.1 Å². The molecule has 1 fully saturated rings. The van der Waals surface area contributed by atoms with E-state index in [0.29, 0.717) is 34.8 Å². The molecule has 28 heavy (non-hydrogen) atoms. The van der Waals surface area contributed by atoms with Gasteiger partial charge in [0.15, 0.2) is 5.82 Å². The molecule has 3 heterocycles. The molecule has 0 amide bonds. The molecule has 4 rings (SSSR count). The molecule has 1 atom stereocenters. The van der Waals surface area contributed by atoms with E-state index >= 15 is 0 Å². The topological polar surface area (TPSA) is 106 Å². The number of halogens is 2. The molecule has 0 aliphatic carbocycles. The van der Waals surface area contributed by atoms with Gasteiger partial charge >= 0.3 is 0 Å². The fourth-order valence-corrected chi connectivity index (χ4v) is 4.02. The van der Waals surface area contributed by atoms with Crippen molar-refractivity contribution in [3.05, 3.63) is 30.1 Å². The molecule has 1 aliphatic heterocycles. The molecular formula is C17H20F2N6O2S. The van der Waals surface area contributed by atoms with Crippen LogP contribution < -0.4 is 15.2 Å². The van der Waals surface area contributed by atoms with Crippen LogP contribution in [0.5, 0.6) is 0 Å². The Hall–Kier alpha value is -2.21. The van der Waals surface area contributed by atoms with E-state index in [4.69, 9.17) is 4.55 Å². The number of aromatic nitrogens is 3. The van der Waals surface area contributed by atoms with Crippen LogP contribution in [0.2, 0.25) is 0 Å². The summed E-state index contributed by atoms with van der Waals surface area (Å²) in [6.45, 7) is 2.16. The number of fused-ring (bicyclic) bond motifs is 3. The van der Waals surface area contributed by atoms with Crippen LogP contribution in [0.4, 0.5) is 14.6 Å².